The summed E-state index contributed by atoms with van der Waals surface area (Å²) < 4.78 is 24.1. The van der Waals surface area contributed by atoms with E-state index in [0.29, 0.717) is 5.39 Å². The number of nitrogens with zero attached hydrogens (tertiary/aromatic N) is 2. The van der Waals surface area contributed by atoms with Crippen LogP contribution in [0.5, 0.6) is 0 Å². The molecule has 2 heterocycles. The summed E-state index contributed by atoms with van der Waals surface area (Å²) in [7, 11) is 0. The molecule has 9 aromatic carbocycles. The van der Waals surface area contributed by atoms with Gasteiger partial charge >= 0.3 is 0 Å². The van der Waals surface area contributed by atoms with Crippen LogP contribution in [0.25, 0.3) is 82.8 Å². The summed E-state index contributed by atoms with van der Waals surface area (Å²) in [5.41, 5.74) is 14.3. The predicted octanol–water partition coefficient (Wildman–Crippen LogP) is 15.3. The lowest BCUT2D eigenvalue weighted by atomic mass is 10.00. The van der Waals surface area contributed by atoms with Gasteiger partial charge < -0.3 is 13.9 Å². The second-order valence-electron chi connectivity index (χ2n) is 14.6. The summed E-state index contributed by atoms with van der Waals surface area (Å²) in [6, 6.07) is 73.0. The lowest BCUT2D eigenvalue weighted by Crippen LogP contribution is -2.10. The number of benzene rings is 9. The van der Waals surface area contributed by atoms with Gasteiger partial charge in [0.25, 0.3) is 0 Å². The number of aromatic nitrogens is 1. The number of hydrogen-bond acceptors (Lipinski definition) is 2. The fourth-order valence-electron chi connectivity index (χ4n) is 8.57. The van der Waals surface area contributed by atoms with Gasteiger partial charge in [-0.3, -0.25) is 0 Å². The van der Waals surface area contributed by atoms with Gasteiger partial charge in [-0.05, 0) is 89.0 Å². The topological polar surface area (TPSA) is 21.3 Å². The maximum atomic E-state index is 15.2. The number of anilines is 3. The molecular weight excluding hydrogens is 712 g/mol. The summed E-state index contributed by atoms with van der Waals surface area (Å²) in [5, 5.41) is 3.74. The number of halogens is 1. The number of para-hydroxylation sites is 3. The van der Waals surface area contributed by atoms with Gasteiger partial charge in [-0.1, -0.05) is 146 Å². The molecule has 11 aromatic rings. The van der Waals surface area contributed by atoms with Gasteiger partial charge in [0.2, 0.25) is 0 Å². The molecular formula is C54H35FN2O. The highest BCUT2D eigenvalue weighted by Gasteiger charge is 2.19. The molecule has 0 aliphatic heterocycles. The van der Waals surface area contributed by atoms with E-state index in [-0.39, 0.29) is 5.82 Å². The summed E-state index contributed by atoms with van der Waals surface area (Å²) in [4.78, 5) is 2.28. The molecule has 0 spiro atoms. The molecule has 3 nitrogen and oxygen atoms in total. The first-order chi connectivity index (χ1) is 28.7. The van der Waals surface area contributed by atoms with Gasteiger partial charge in [-0.2, -0.15) is 0 Å². The van der Waals surface area contributed by atoms with Crippen molar-refractivity contribution in [3.8, 4) is 39.1 Å². The van der Waals surface area contributed by atoms with Crippen LogP contribution < -0.4 is 4.90 Å². The Bertz CT molecular complexity index is 3260. The zero-order valence-corrected chi connectivity index (χ0v) is 31.4. The maximum Gasteiger partial charge on any atom is 0.143 e. The Hall–Kier alpha value is -7.69. The SMILES string of the molecule is Fc1cccc2c1c1ccccc1n2-c1ccc(N(c2ccc(-c3ccccc3)cc2)c2ccc(-c3cccc4c3oc3c(-c5ccccc5)cccc34)cc2)cc1. The molecule has 0 saturated heterocycles. The van der Waals surface area contributed by atoms with Crippen LogP contribution in [0.15, 0.2) is 217 Å². The van der Waals surface area contributed by atoms with E-state index in [0.717, 1.165) is 88.9 Å². The maximum absolute atomic E-state index is 15.2. The van der Waals surface area contributed by atoms with Crippen molar-refractivity contribution in [2.24, 2.45) is 0 Å². The van der Waals surface area contributed by atoms with E-state index in [4.69, 9.17) is 4.42 Å². The Morgan fingerprint density at radius 3 is 1.43 bits per heavy atom. The molecule has 0 unspecified atom stereocenters. The highest BCUT2D eigenvalue weighted by atomic mass is 19.1. The van der Waals surface area contributed by atoms with Crippen molar-refractivity contribution < 1.29 is 8.81 Å². The van der Waals surface area contributed by atoms with Gasteiger partial charge in [0.05, 0.1) is 11.0 Å². The minimum atomic E-state index is -0.217. The van der Waals surface area contributed by atoms with Crippen molar-refractivity contribution in [3.05, 3.63) is 218 Å². The van der Waals surface area contributed by atoms with Crippen molar-refractivity contribution in [1.29, 1.82) is 0 Å². The largest absolute Gasteiger partial charge is 0.455 e. The van der Waals surface area contributed by atoms with Crippen molar-refractivity contribution in [2.45, 2.75) is 0 Å². The third kappa shape index (κ3) is 5.57. The van der Waals surface area contributed by atoms with Crippen molar-refractivity contribution in [3.63, 3.8) is 0 Å². The fourth-order valence-corrected chi connectivity index (χ4v) is 8.57. The van der Waals surface area contributed by atoms with Crippen LogP contribution >= 0.6 is 0 Å². The smallest absolute Gasteiger partial charge is 0.143 e. The monoisotopic (exact) mass is 746 g/mol. The Kier molecular flexibility index (Phi) is 8.00. The summed E-state index contributed by atoms with van der Waals surface area (Å²) >= 11 is 0. The molecule has 0 atom stereocenters. The van der Waals surface area contributed by atoms with E-state index in [1.54, 1.807) is 6.07 Å². The summed E-state index contributed by atoms with van der Waals surface area (Å²) in [6.07, 6.45) is 0. The number of furan rings is 1. The third-order valence-electron chi connectivity index (χ3n) is 11.3. The van der Waals surface area contributed by atoms with Gasteiger partial charge in [-0.15, -0.1) is 0 Å². The van der Waals surface area contributed by atoms with E-state index in [1.165, 1.54) is 11.6 Å². The van der Waals surface area contributed by atoms with Gasteiger partial charge in [0.15, 0.2) is 0 Å². The van der Waals surface area contributed by atoms with E-state index < -0.39 is 0 Å². The molecule has 2 aromatic heterocycles. The van der Waals surface area contributed by atoms with Crippen molar-refractivity contribution in [1.82, 2.24) is 4.57 Å². The molecule has 0 saturated carbocycles. The summed E-state index contributed by atoms with van der Waals surface area (Å²) in [5.74, 6) is -0.217. The zero-order chi connectivity index (χ0) is 38.6. The molecule has 274 valence electrons. The van der Waals surface area contributed by atoms with Gasteiger partial charge in [0.1, 0.15) is 17.0 Å². The first kappa shape index (κ1) is 33.6. The molecule has 0 fully saturated rings. The normalized spacial score (nSPS) is 11.5. The van der Waals surface area contributed by atoms with Crippen LogP contribution in [0.4, 0.5) is 21.5 Å². The first-order valence-electron chi connectivity index (χ1n) is 19.5. The molecule has 0 N–H and O–H groups in total. The molecule has 0 bridgehead atoms. The van der Waals surface area contributed by atoms with E-state index in [2.05, 4.69) is 173 Å². The molecule has 4 heteroatoms. The number of hydrogen-bond donors (Lipinski definition) is 0. The van der Waals surface area contributed by atoms with Crippen molar-refractivity contribution >= 4 is 60.8 Å². The minimum absolute atomic E-state index is 0.217. The second kappa shape index (κ2) is 13.8. The molecule has 0 aliphatic carbocycles. The van der Waals surface area contributed by atoms with Crippen LogP contribution in [0.1, 0.15) is 0 Å². The summed E-state index contributed by atoms with van der Waals surface area (Å²) in [6.45, 7) is 0. The molecule has 11 rings (SSSR count). The quantitative estimate of drug-likeness (QED) is 0.162. The Balaban J connectivity index is 1.01. The van der Waals surface area contributed by atoms with Crippen LogP contribution in [-0.2, 0) is 0 Å². The van der Waals surface area contributed by atoms with Gasteiger partial charge in [-0.25, -0.2) is 4.39 Å². The third-order valence-corrected chi connectivity index (χ3v) is 11.3. The first-order valence-corrected chi connectivity index (χ1v) is 19.5. The van der Waals surface area contributed by atoms with Crippen LogP contribution in [0.2, 0.25) is 0 Å². The minimum Gasteiger partial charge on any atom is -0.455 e. The zero-order valence-electron chi connectivity index (χ0n) is 31.4. The highest BCUT2D eigenvalue weighted by Crippen LogP contribution is 2.42. The molecule has 58 heavy (non-hydrogen) atoms. The van der Waals surface area contributed by atoms with E-state index in [9.17, 15) is 0 Å². The Morgan fingerprint density at radius 2 is 0.810 bits per heavy atom. The predicted molar refractivity (Wildman–Crippen MR) is 239 cm³/mol. The number of fused-ring (bicyclic) bond motifs is 6. The van der Waals surface area contributed by atoms with Crippen LogP contribution in [0, 0.1) is 5.82 Å². The molecule has 0 amide bonds. The Labute approximate surface area is 335 Å². The van der Waals surface area contributed by atoms with Crippen molar-refractivity contribution in [2.75, 3.05) is 4.90 Å². The molecule has 0 radical (unpaired) electrons. The average molecular weight is 747 g/mol. The lowest BCUT2D eigenvalue weighted by molar-refractivity contribution is 0.640. The Morgan fingerprint density at radius 1 is 0.362 bits per heavy atom. The highest BCUT2D eigenvalue weighted by molar-refractivity contribution is 6.13. The van der Waals surface area contributed by atoms with Gasteiger partial charge in [0, 0.05) is 55.4 Å². The van der Waals surface area contributed by atoms with E-state index >= 15 is 4.39 Å². The van der Waals surface area contributed by atoms with Crippen LogP contribution in [0.3, 0.4) is 0 Å². The second-order valence-corrected chi connectivity index (χ2v) is 14.6. The fraction of sp³-hybridized carbons (Fsp3) is 0. The lowest BCUT2D eigenvalue weighted by Gasteiger charge is -2.26. The number of rotatable bonds is 7. The molecule has 0 aliphatic rings. The standard InChI is InChI=1S/C54H35FN2O/c55-49-21-11-23-51-52(49)48-16-7-8-22-50(48)57(51)43-34-32-42(33-35-43)56(40-28-24-37(25-29-40)36-12-3-1-4-13-36)41-30-26-39(27-31-41)45-18-10-20-47-46-19-9-17-44(53(46)58-54(45)47)38-14-5-2-6-15-38/h1-35H. The van der Waals surface area contributed by atoms with Crippen LogP contribution in [-0.4, -0.2) is 4.57 Å². The van der Waals surface area contributed by atoms with E-state index in [1.807, 2.05) is 36.4 Å². The average Bonchev–Trinajstić information content (AvgIpc) is 3.85.